The zero-order valence-corrected chi connectivity index (χ0v) is 17.9. The molecule has 1 N–H and O–H groups in total. The maximum atomic E-state index is 12.9. The first-order valence-corrected chi connectivity index (χ1v) is 11.1. The quantitative estimate of drug-likeness (QED) is 0.462. The number of hydrogen-bond acceptors (Lipinski definition) is 9. The Morgan fingerprint density at radius 3 is 2.58 bits per heavy atom. The van der Waals surface area contributed by atoms with Crippen LogP contribution in [0.3, 0.4) is 0 Å². The molecule has 33 heavy (non-hydrogen) atoms. The molecule has 0 bridgehead atoms. The monoisotopic (exact) mass is 504 g/mol. The maximum Gasteiger partial charge on any atom is 0.387 e. The van der Waals surface area contributed by atoms with E-state index in [1.54, 1.807) is 0 Å². The Hall–Kier alpha value is -3.58. The molecular weight excluding hydrogens is 492 g/mol. The van der Waals surface area contributed by atoms with Gasteiger partial charge in [-0.25, -0.2) is 18.4 Å². The number of nitriles is 1. The summed E-state index contributed by atoms with van der Waals surface area (Å²) in [6, 6.07) is 2.90. The van der Waals surface area contributed by atoms with Gasteiger partial charge < -0.3 is 10.1 Å². The van der Waals surface area contributed by atoms with Gasteiger partial charge in [0.25, 0.3) is 5.91 Å². The average Bonchev–Trinajstić information content (AvgIpc) is 3.42. The van der Waals surface area contributed by atoms with Gasteiger partial charge in [0.15, 0.2) is 5.82 Å². The second-order valence-electron chi connectivity index (χ2n) is 6.22. The topological polar surface area (TPSA) is 140 Å². The molecule has 1 atom stereocenters. The standard InChI is InChI=1S/C17H12F4N6O4S2/c1-8(13-24-7-25-27(13)17-23-6-11(5-22)32-17)26-14(28)9-2-10(31-15(18)19)4-12(3-9)33(29,30)16(20)21/h2-4,6-8,15-16H,1H3,(H,26,28)/t8-/m0/s1. The van der Waals surface area contributed by atoms with E-state index in [2.05, 4.69) is 25.1 Å². The van der Waals surface area contributed by atoms with Crippen LogP contribution >= 0.6 is 11.3 Å². The summed E-state index contributed by atoms with van der Waals surface area (Å²) in [4.78, 5) is 20.0. The number of hydrogen-bond donors (Lipinski definition) is 1. The van der Waals surface area contributed by atoms with Crippen LogP contribution in [0.15, 0.2) is 35.6 Å². The Morgan fingerprint density at radius 2 is 1.97 bits per heavy atom. The highest BCUT2D eigenvalue weighted by atomic mass is 32.2. The SMILES string of the molecule is C[C@H](NC(=O)c1cc(OC(F)F)cc(S(=O)(=O)C(F)F)c1)c1ncnn1-c1ncc(C#N)s1. The van der Waals surface area contributed by atoms with Crippen molar-refractivity contribution in [3.05, 3.63) is 47.0 Å². The lowest BCUT2D eigenvalue weighted by Crippen LogP contribution is -2.29. The van der Waals surface area contributed by atoms with E-state index in [0.717, 1.165) is 23.7 Å². The van der Waals surface area contributed by atoms with Crippen LogP contribution in [-0.4, -0.2) is 46.4 Å². The highest BCUT2D eigenvalue weighted by molar-refractivity contribution is 7.91. The molecule has 0 saturated heterocycles. The minimum atomic E-state index is -5.20. The Kier molecular flexibility index (Phi) is 6.93. The molecule has 0 aliphatic heterocycles. The molecule has 2 aromatic heterocycles. The predicted molar refractivity (Wildman–Crippen MR) is 104 cm³/mol. The fourth-order valence-electron chi connectivity index (χ4n) is 2.59. The molecule has 0 saturated carbocycles. The van der Waals surface area contributed by atoms with Crippen LogP contribution in [0.5, 0.6) is 5.75 Å². The van der Waals surface area contributed by atoms with Gasteiger partial charge in [-0.05, 0) is 25.1 Å². The molecule has 0 spiro atoms. The van der Waals surface area contributed by atoms with Crippen LogP contribution in [0.4, 0.5) is 17.6 Å². The van der Waals surface area contributed by atoms with Crippen LogP contribution in [0.2, 0.25) is 0 Å². The lowest BCUT2D eigenvalue weighted by molar-refractivity contribution is -0.0500. The van der Waals surface area contributed by atoms with Crippen molar-refractivity contribution in [2.45, 2.75) is 30.2 Å². The summed E-state index contributed by atoms with van der Waals surface area (Å²) in [7, 11) is -5.20. The molecule has 0 aliphatic rings. The lowest BCUT2D eigenvalue weighted by Gasteiger charge is -2.15. The second kappa shape index (κ2) is 9.50. The summed E-state index contributed by atoms with van der Waals surface area (Å²) in [6.07, 6.45) is 2.48. The zero-order valence-electron chi connectivity index (χ0n) is 16.3. The molecule has 0 unspecified atom stereocenters. The van der Waals surface area contributed by atoms with Gasteiger partial charge in [-0.3, -0.25) is 4.79 Å². The van der Waals surface area contributed by atoms with Crippen molar-refractivity contribution in [1.82, 2.24) is 25.1 Å². The van der Waals surface area contributed by atoms with Crippen molar-refractivity contribution < 1.29 is 35.5 Å². The minimum Gasteiger partial charge on any atom is -0.435 e. The van der Waals surface area contributed by atoms with Gasteiger partial charge in [-0.1, -0.05) is 11.3 Å². The number of aromatic nitrogens is 4. The number of halogens is 4. The van der Waals surface area contributed by atoms with Crippen molar-refractivity contribution in [3.63, 3.8) is 0 Å². The van der Waals surface area contributed by atoms with E-state index < -0.39 is 50.4 Å². The average molecular weight is 504 g/mol. The lowest BCUT2D eigenvalue weighted by atomic mass is 10.2. The molecular formula is C17H12F4N6O4S2. The number of alkyl halides is 4. The Morgan fingerprint density at radius 1 is 1.24 bits per heavy atom. The first-order valence-electron chi connectivity index (χ1n) is 8.72. The third-order valence-electron chi connectivity index (χ3n) is 4.02. The highest BCUT2D eigenvalue weighted by Gasteiger charge is 2.29. The number of rotatable bonds is 8. The molecule has 1 amide bonds. The number of carbonyl (C=O) groups is 1. The summed E-state index contributed by atoms with van der Waals surface area (Å²) in [5.41, 5.74) is -0.522. The van der Waals surface area contributed by atoms with E-state index in [4.69, 9.17) is 5.26 Å². The summed E-state index contributed by atoms with van der Waals surface area (Å²) in [6.45, 7) is -1.91. The van der Waals surface area contributed by atoms with Crippen LogP contribution in [0.1, 0.15) is 34.0 Å². The molecule has 3 aromatic rings. The third-order valence-corrected chi connectivity index (χ3v) is 6.26. The van der Waals surface area contributed by atoms with Gasteiger partial charge in [-0.15, -0.1) is 0 Å². The van der Waals surface area contributed by atoms with E-state index >= 15 is 0 Å². The predicted octanol–water partition coefficient (Wildman–Crippen LogP) is 2.68. The van der Waals surface area contributed by atoms with Crippen molar-refractivity contribution in [2.75, 3.05) is 0 Å². The summed E-state index contributed by atoms with van der Waals surface area (Å²) in [5, 5.41) is 15.6. The fraction of sp³-hybridized carbons (Fsp3) is 0.235. The van der Waals surface area contributed by atoms with Gasteiger partial charge in [0.05, 0.1) is 17.1 Å². The van der Waals surface area contributed by atoms with Crippen molar-refractivity contribution in [1.29, 1.82) is 5.26 Å². The number of nitrogens with zero attached hydrogens (tertiary/aromatic N) is 5. The van der Waals surface area contributed by atoms with Gasteiger partial charge >= 0.3 is 12.4 Å². The van der Waals surface area contributed by atoms with Crippen LogP contribution in [0, 0.1) is 11.3 Å². The fourth-order valence-corrected chi connectivity index (χ4v) is 4.05. The van der Waals surface area contributed by atoms with Gasteiger partial charge in [-0.2, -0.15) is 32.6 Å². The third kappa shape index (κ3) is 5.26. The van der Waals surface area contributed by atoms with Crippen LogP contribution < -0.4 is 10.1 Å². The number of thiazole rings is 1. The van der Waals surface area contributed by atoms with E-state index in [1.165, 1.54) is 17.8 Å². The molecule has 0 radical (unpaired) electrons. The van der Waals surface area contributed by atoms with Crippen LogP contribution in [-0.2, 0) is 9.84 Å². The Balaban J connectivity index is 1.91. The number of benzene rings is 1. The molecule has 2 heterocycles. The first kappa shape index (κ1) is 24.1. The number of carbonyl (C=O) groups excluding carboxylic acids is 1. The Labute approximate surface area is 187 Å². The number of nitrogens with one attached hydrogen (secondary N) is 1. The summed E-state index contributed by atoms with van der Waals surface area (Å²) < 4.78 is 80.0. The van der Waals surface area contributed by atoms with E-state index in [-0.39, 0.29) is 11.0 Å². The summed E-state index contributed by atoms with van der Waals surface area (Å²) in [5.74, 6) is -5.45. The molecule has 1 aromatic carbocycles. The van der Waals surface area contributed by atoms with E-state index in [0.29, 0.717) is 17.0 Å². The number of amides is 1. The van der Waals surface area contributed by atoms with Crippen LogP contribution in [0.25, 0.3) is 5.13 Å². The molecule has 16 heteroatoms. The molecule has 10 nitrogen and oxygen atoms in total. The second-order valence-corrected chi connectivity index (χ2v) is 9.15. The molecule has 174 valence electrons. The van der Waals surface area contributed by atoms with E-state index in [9.17, 15) is 30.8 Å². The molecule has 3 rings (SSSR count). The van der Waals surface area contributed by atoms with Crippen molar-refractivity contribution in [2.24, 2.45) is 0 Å². The van der Waals surface area contributed by atoms with E-state index in [1.807, 2.05) is 6.07 Å². The van der Waals surface area contributed by atoms with Gasteiger partial charge in [0, 0.05) is 5.56 Å². The van der Waals surface area contributed by atoms with Crippen molar-refractivity contribution >= 4 is 27.1 Å². The largest absolute Gasteiger partial charge is 0.435 e. The summed E-state index contributed by atoms with van der Waals surface area (Å²) >= 11 is 1.00. The zero-order chi connectivity index (χ0) is 24.3. The van der Waals surface area contributed by atoms with Gasteiger partial charge in [0.1, 0.15) is 23.0 Å². The minimum absolute atomic E-state index is 0.169. The number of ether oxygens (including phenoxy) is 1. The number of sulfone groups is 1. The smallest absolute Gasteiger partial charge is 0.387 e. The molecule has 0 aliphatic carbocycles. The highest BCUT2D eigenvalue weighted by Crippen LogP contribution is 2.27. The van der Waals surface area contributed by atoms with Gasteiger partial charge in [0.2, 0.25) is 15.0 Å². The first-order chi connectivity index (χ1) is 15.5. The Bertz CT molecular complexity index is 1320. The normalized spacial score (nSPS) is 12.5. The van der Waals surface area contributed by atoms with Crippen molar-refractivity contribution in [3.8, 4) is 17.0 Å². The molecule has 0 fully saturated rings. The maximum absolute atomic E-state index is 12.9.